The van der Waals surface area contributed by atoms with Crippen molar-refractivity contribution in [2.45, 2.75) is 427 Å². The van der Waals surface area contributed by atoms with Crippen molar-refractivity contribution in [1.82, 2.24) is 4.98 Å². The lowest BCUT2D eigenvalue weighted by molar-refractivity contribution is -0.114. The number of fused-ring (bicyclic) bond motifs is 4. The Balaban J connectivity index is 0.000000297. The Morgan fingerprint density at radius 1 is 0.339 bits per heavy atom. The SMILES string of the molecule is CCCCCCCCCCCCC(CCCCCCCCCC)CN1C(=O)C(c2cccs2)=c2cc3c(cc21)=C(c1cccs1)C(=O)N3CC(CCCCCCCCCC)CCCCCCCCCCCC.CCCCCCCCCCCCC(CI)CCCCCCCCCC.O=C1N=c2cc3c(-c4cccs4)c(O)[nH]c3cc2=C1c1cccs1. The first-order valence-corrected chi connectivity index (χ1v) is 55.4. The number of carbonyl (C=O) groups excluding carboxylic acids is 3. The summed E-state index contributed by atoms with van der Waals surface area (Å²) in [5.41, 5.74) is 5.92. The minimum Gasteiger partial charge on any atom is -0.494 e. The van der Waals surface area contributed by atoms with Crippen LogP contribution in [0.25, 0.3) is 38.1 Å². The summed E-state index contributed by atoms with van der Waals surface area (Å²) in [6.07, 6.45) is 82.2. The molecule has 7 aromatic rings. The molecule has 2 N–H and O–H groups in total. The van der Waals surface area contributed by atoms with Crippen LogP contribution >= 0.6 is 67.9 Å². The normalized spacial score (nSPS) is 13.8. The molecule has 3 atom stereocenters. The Bertz CT molecular complexity index is 4010. The maximum absolute atomic E-state index is 15.1. The van der Waals surface area contributed by atoms with Gasteiger partial charge in [0.05, 0.1) is 39.0 Å². The number of aromatic nitrogens is 1. The summed E-state index contributed by atoms with van der Waals surface area (Å²) in [5, 5.41) is 22.9. The summed E-state index contributed by atoms with van der Waals surface area (Å²) in [7, 11) is 0. The van der Waals surface area contributed by atoms with E-state index in [4.69, 9.17) is 0 Å². The Kier molecular flexibility index (Phi) is 52.5. The highest BCUT2D eigenvalue weighted by Crippen LogP contribution is 2.40. The zero-order chi connectivity index (χ0) is 85.5. The third kappa shape index (κ3) is 35.8. The first-order chi connectivity index (χ1) is 59.6. The number of nitrogens with one attached hydrogen (secondary N) is 1. The van der Waals surface area contributed by atoms with Gasteiger partial charge in [0.15, 0.2) is 5.88 Å². The molecule has 3 unspecified atom stereocenters. The second-order valence-electron chi connectivity index (χ2n) is 36.4. The van der Waals surface area contributed by atoms with Crippen molar-refractivity contribution in [2.75, 3.05) is 27.3 Å². The largest absolute Gasteiger partial charge is 0.494 e. The molecule has 0 spiro atoms. The van der Waals surface area contributed by atoms with Gasteiger partial charge in [-0.25, -0.2) is 4.99 Å². The highest BCUT2D eigenvalue weighted by atomic mass is 127. The Morgan fingerprint density at radius 2 is 0.612 bits per heavy atom. The van der Waals surface area contributed by atoms with Gasteiger partial charge in [0.2, 0.25) is 0 Å². The monoisotopic (exact) mass is 1840 g/mol. The Hall–Kier alpha value is -4.67. The third-order valence-electron chi connectivity index (χ3n) is 26.2. The molecular formula is C108H165IN4O4S4. The van der Waals surface area contributed by atoms with Crippen LogP contribution in [0.15, 0.2) is 99.3 Å². The van der Waals surface area contributed by atoms with Crippen molar-refractivity contribution in [3.8, 4) is 16.3 Å². The van der Waals surface area contributed by atoms with Crippen molar-refractivity contribution >= 4 is 125 Å². The zero-order valence-corrected chi connectivity index (χ0v) is 82.5. The number of hydrogen-bond acceptors (Lipinski definition) is 8. The molecule has 3 aliphatic rings. The first-order valence-electron chi connectivity index (χ1n) is 50.4. The molecule has 0 saturated heterocycles. The molecular weight excluding hydrogens is 1670 g/mol. The molecule has 5 aromatic heterocycles. The predicted octanol–water partition coefficient (Wildman–Crippen LogP) is 32.7. The average molecular weight is 1840 g/mol. The van der Waals surface area contributed by atoms with Crippen LogP contribution in [0.3, 0.4) is 0 Å². The first kappa shape index (κ1) is 102. The van der Waals surface area contributed by atoms with Crippen LogP contribution in [0.2, 0.25) is 0 Å². The van der Waals surface area contributed by atoms with E-state index in [0.717, 1.165) is 93.2 Å². The minimum atomic E-state index is -0.206. The van der Waals surface area contributed by atoms with Gasteiger partial charge >= 0.3 is 0 Å². The van der Waals surface area contributed by atoms with Crippen molar-refractivity contribution in [2.24, 2.45) is 22.7 Å². The van der Waals surface area contributed by atoms with Gasteiger partial charge < -0.3 is 19.9 Å². The van der Waals surface area contributed by atoms with E-state index in [1.54, 1.807) is 34.0 Å². The number of aromatic amines is 1. The number of aromatic hydroxyl groups is 1. The van der Waals surface area contributed by atoms with E-state index in [1.807, 2.05) is 47.2 Å². The number of alkyl halides is 1. The summed E-state index contributed by atoms with van der Waals surface area (Å²) in [6.45, 7) is 15.3. The van der Waals surface area contributed by atoms with E-state index in [9.17, 15) is 9.90 Å². The number of rotatable bonds is 69. The summed E-state index contributed by atoms with van der Waals surface area (Å²) in [6, 6.07) is 24.6. The van der Waals surface area contributed by atoms with Gasteiger partial charge in [0, 0.05) is 63.6 Å². The van der Waals surface area contributed by atoms with Crippen molar-refractivity contribution in [3.05, 3.63) is 130 Å². The summed E-state index contributed by atoms with van der Waals surface area (Å²) < 4.78 is 1.38. The average Bonchev–Trinajstić information content (AvgIpc) is 1.51. The number of carbonyl (C=O) groups is 3. The molecule has 0 saturated carbocycles. The summed E-state index contributed by atoms with van der Waals surface area (Å²) in [5.74, 6) is 2.19. The van der Waals surface area contributed by atoms with Crippen LogP contribution in [0.1, 0.15) is 441 Å². The van der Waals surface area contributed by atoms with Crippen LogP contribution in [-0.2, 0) is 14.4 Å². The molecule has 10 rings (SSSR count). The Morgan fingerprint density at radius 3 is 0.893 bits per heavy atom. The van der Waals surface area contributed by atoms with Crippen molar-refractivity contribution in [3.63, 3.8) is 0 Å². The molecule has 0 bridgehead atoms. The molecule has 2 aromatic carbocycles. The standard InChI is InChI=1S/C66H106N2O2S2.C24H49I.C18H10N2O2S2/c1-5-9-13-17-21-25-27-31-35-39-45-55(43-37-33-29-23-19-15-11-7-3)53-67-59-51-58-60(52-57(59)63(65(67)69)61-47-41-49-71-61)68(66(70)64(58)62-48-42-50-72-62)54-56(44-38-34-30-24-20-16-12-8-4)46-40-36-32-28-26-22-18-14-10-6-2;1-3-5-7-9-11-13-14-16-18-20-22-24(23-25)21-19-17-15-12-10-8-6-4-2;21-17-15(13-3-1-5-23-13)9-7-12-10(8-11(9)19-17)16(18(22)20-12)14-4-2-6-24-14/h41-42,47-52,55-56H,5-40,43-46,53-54H2,1-4H3;24H,3-23H2,1-2H3;1-8,19,21H. The van der Waals surface area contributed by atoms with Gasteiger partial charge in [-0.15, -0.1) is 45.3 Å². The number of hydrogen-bond donors (Lipinski definition) is 2. The number of H-pyrrole nitrogens is 1. The van der Waals surface area contributed by atoms with E-state index in [-0.39, 0.29) is 23.6 Å². The number of halogens is 1. The van der Waals surface area contributed by atoms with Gasteiger partial charge in [0.1, 0.15) is 0 Å². The van der Waals surface area contributed by atoms with Gasteiger partial charge in [-0.3, -0.25) is 14.4 Å². The number of benzene rings is 2. The van der Waals surface area contributed by atoms with Crippen LogP contribution in [-0.4, -0.2) is 45.3 Å². The lowest BCUT2D eigenvalue weighted by atomic mass is 9.93. The third-order valence-corrected chi connectivity index (χ3v) is 31.0. The minimum absolute atomic E-state index is 0.139. The second-order valence-corrected chi connectivity index (χ2v) is 41.1. The number of nitrogens with zero attached hydrogens (tertiary/aromatic N) is 3. The highest BCUT2D eigenvalue weighted by molar-refractivity contribution is 14.1. The number of unbranched alkanes of at least 4 members (excludes halogenated alkanes) is 48. The fraction of sp³-hybridized carbons (Fsp3) is 0.667. The van der Waals surface area contributed by atoms with E-state index in [0.29, 0.717) is 22.8 Å². The molecule has 121 heavy (non-hydrogen) atoms. The molecule has 8 heterocycles. The number of anilines is 2. The second kappa shape index (κ2) is 62.5. The van der Waals surface area contributed by atoms with Gasteiger partial charge in [-0.2, -0.15) is 0 Å². The lowest BCUT2D eigenvalue weighted by Crippen LogP contribution is -2.35. The van der Waals surface area contributed by atoms with Crippen LogP contribution in [0, 0.1) is 17.8 Å². The van der Waals surface area contributed by atoms with E-state index >= 15 is 9.59 Å². The fourth-order valence-corrected chi connectivity index (χ4v) is 22.9. The molecule has 0 radical (unpaired) electrons. The molecule has 3 amide bonds. The number of amides is 3. The van der Waals surface area contributed by atoms with Gasteiger partial charge in [-0.05, 0) is 126 Å². The van der Waals surface area contributed by atoms with E-state index in [1.165, 1.54) is 401 Å². The molecule has 0 fully saturated rings. The van der Waals surface area contributed by atoms with Crippen LogP contribution in [0.5, 0.6) is 5.88 Å². The predicted molar refractivity (Wildman–Crippen MR) is 540 cm³/mol. The number of thiophene rings is 4. The summed E-state index contributed by atoms with van der Waals surface area (Å²) >= 11 is 9.06. The molecule has 8 nitrogen and oxygen atoms in total. The Labute approximate surface area is 766 Å². The van der Waals surface area contributed by atoms with Crippen molar-refractivity contribution in [1.29, 1.82) is 0 Å². The molecule has 672 valence electrons. The fourth-order valence-electron chi connectivity index (χ4n) is 18.9. The highest BCUT2D eigenvalue weighted by Gasteiger charge is 2.38. The van der Waals surface area contributed by atoms with E-state index in [2.05, 4.69) is 131 Å². The van der Waals surface area contributed by atoms with Gasteiger partial charge in [-0.1, -0.05) is 435 Å². The van der Waals surface area contributed by atoms with Crippen LogP contribution in [0.4, 0.5) is 11.4 Å². The zero-order valence-electron chi connectivity index (χ0n) is 77.0. The van der Waals surface area contributed by atoms with E-state index < -0.39 is 0 Å². The topological polar surface area (TPSA) is 106 Å². The molecule has 13 heteroatoms. The quantitative estimate of drug-likeness (QED) is 0.0225. The lowest BCUT2D eigenvalue weighted by Gasteiger charge is -2.27. The molecule has 0 aliphatic carbocycles. The van der Waals surface area contributed by atoms with Crippen molar-refractivity contribution < 1.29 is 19.5 Å². The smallest absolute Gasteiger partial charge is 0.279 e. The van der Waals surface area contributed by atoms with Crippen LogP contribution < -0.4 is 30.8 Å². The van der Waals surface area contributed by atoms with Gasteiger partial charge in [0.25, 0.3) is 17.7 Å². The maximum atomic E-state index is 15.1. The summed E-state index contributed by atoms with van der Waals surface area (Å²) in [4.78, 5) is 58.2. The maximum Gasteiger partial charge on any atom is 0.279 e. The molecule has 3 aliphatic heterocycles.